The van der Waals surface area contributed by atoms with Gasteiger partial charge < -0.3 is 14.9 Å². The molecule has 32 heavy (non-hydrogen) atoms. The van der Waals surface area contributed by atoms with Crippen molar-refractivity contribution in [2.24, 2.45) is 0 Å². The summed E-state index contributed by atoms with van der Waals surface area (Å²) in [5.74, 6) is -1.22. The Kier molecular flexibility index (Phi) is 6.59. The number of aromatic carboxylic acids is 1. The normalized spacial score (nSPS) is 11.2. The SMILES string of the molecule is CCc1c(OCc2cccc(S(=O)(=O)c3ccc(C(=O)O)nc3)c2)ccc(C(C)=O)c1O. The second kappa shape index (κ2) is 9.19. The number of aromatic hydroxyl groups is 1. The summed E-state index contributed by atoms with van der Waals surface area (Å²) in [7, 11) is -3.91. The topological polar surface area (TPSA) is 131 Å². The maximum Gasteiger partial charge on any atom is 0.354 e. The second-order valence-electron chi connectivity index (χ2n) is 6.97. The van der Waals surface area contributed by atoms with E-state index < -0.39 is 15.8 Å². The van der Waals surface area contributed by atoms with Crippen LogP contribution in [-0.4, -0.2) is 35.4 Å². The molecule has 0 aliphatic heterocycles. The molecule has 2 N–H and O–H groups in total. The van der Waals surface area contributed by atoms with Crippen LogP contribution in [0.1, 0.15) is 45.8 Å². The molecule has 166 valence electrons. The first-order valence-electron chi connectivity index (χ1n) is 9.67. The van der Waals surface area contributed by atoms with E-state index in [-0.39, 0.29) is 39.2 Å². The smallest absolute Gasteiger partial charge is 0.354 e. The first kappa shape index (κ1) is 23.0. The molecule has 0 atom stereocenters. The number of hydrogen-bond acceptors (Lipinski definition) is 7. The molecule has 3 rings (SSSR count). The number of benzene rings is 2. The van der Waals surface area contributed by atoms with Crippen LogP contribution in [0.3, 0.4) is 0 Å². The predicted molar refractivity (Wildman–Crippen MR) is 115 cm³/mol. The fourth-order valence-electron chi connectivity index (χ4n) is 3.14. The number of phenolic OH excluding ortho intramolecular Hbond substituents is 1. The number of carbonyl (C=O) groups is 2. The number of rotatable bonds is 8. The third kappa shape index (κ3) is 4.62. The Morgan fingerprint density at radius 3 is 2.41 bits per heavy atom. The van der Waals surface area contributed by atoms with Crippen LogP contribution in [0.2, 0.25) is 0 Å². The summed E-state index contributed by atoms with van der Waals surface area (Å²) in [5, 5.41) is 19.3. The van der Waals surface area contributed by atoms with E-state index >= 15 is 0 Å². The van der Waals surface area contributed by atoms with Gasteiger partial charge in [-0.1, -0.05) is 19.1 Å². The Morgan fingerprint density at radius 1 is 1.06 bits per heavy atom. The quantitative estimate of drug-likeness (QED) is 0.492. The standard InChI is InChI=1S/C23H21NO7S/c1-3-18-21(10-8-19(14(2)25)22(18)26)31-13-15-5-4-6-16(11-15)32(29,30)17-7-9-20(23(27)28)24-12-17/h4-12,26H,3,13H2,1-2H3,(H,27,28). The fourth-order valence-corrected chi connectivity index (χ4v) is 4.42. The summed E-state index contributed by atoms with van der Waals surface area (Å²) >= 11 is 0. The first-order chi connectivity index (χ1) is 15.1. The number of hydrogen-bond donors (Lipinski definition) is 2. The van der Waals surface area contributed by atoms with Gasteiger partial charge in [0.25, 0.3) is 0 Å². The largest absolute Gasteiger partial charge is 0.507 e. The number of pyridine rings is 1. The lowest BCUT2D eigenvalue weighted by Gasteiger charge is -2.14. The summed E-state index contributed by atoms with van der Waals surface area (Å²) in [4.78, 5) is 26.1. The van der Waals surface area contributed by atoms with Crippen molar-refractivity contribution in [3.63, 3.8) is 0 Å². The van der Waals surface area contributed by atoms with Crippen molar-refractivity contribution in [1.82, 2.24) is 4.98 Å². The highest BCUT2D eigenvalue weighted by Crippen LogP contribution is 2.33. The molecule has 0 amide bonds. The third-order valence-electron chi connectivity index (χ3n) is 4.84. The molecule has 0 fully saturated rings. The number of phenols is 1. The van der Waals surface area contributed by atoms with Gasteiger partial charge in [-0.3, -0.25) is 4.79 Å². The summed E-state index contributed by atoms with van der Waals surface area (Å²) in [6.45, 7) is 3.22. The lowest BCUT2D eigenvalue weighted by atomic mass is 10.0. The molecule has 0 saturated carbocycles. The van der Waals surface area contributed by atoms with Crippen molar-refractivity contribution in [1.29, 1.82) is 0 Å². The highest BCUT2D eigenvalue weighted by Gasteiger charge is 2.20. The van der Waals surface area contributed by atoms with Crippen LogP contribution in [-0.2, 0) is 22.9 Å². The minimum atomic E-state index is -3.91. The summed E-state index contributed by atoms with van der Waals surface area (Å²) in [6.07, 6.45) is 1.45. The molecule has 0 radical (unpaired) electrons. The van der Waals surface area contributed by atoms with Crippen molar-refractivity contribution < 1.29 is 33.0 Å². The highest BCUT2D eigenvalue weighted by molar-refractivity contribution is 7.91. The molecule has 0 saturated heterocycles. The Bertz CT molecular complexity index is 1280. The zero-order valence-electron chi connectivity index (χ0n) is 17.4. The van der Waals surface area contributed by atoms with E-state index in [0.717, 1.165) is 12.3 Å². The maximum atomic E-state index is 12.9. The molecule has 0 unspecified atom stereocenters. The van der Waals surface area contributed by atoms with E-state index in [9.17, 15) is 23.1 Å². The van der Waals surface area contributed by atoms with E-state index in [1.54, 1.807) is 18.2 Å². The molecule has 8 nitrogen and oxygen atoms in total. The van der Waals surface area contributed by atoms with Crippen LogP contribution in [0.4, 0.5) is 0 Å². The molecule has 0 bridgehead atoms. The zero-order valence-corrected chi connectivity index (χ0v) is 18.2. The Balaban J connectivity index is 1.85. The van der Waals surface area contributed by atoms with E-state index in [4.69, 9.17) is 9.84 Å². The van der Waals surface area contributed by atoms with Gasteiger partial charge in [-0.25, -0.2) is 18.2 Å². The van der Waals surface area contributed by atoms with Crippen LogP contribution < -0.4 is 4.74 Å². The minimum absolute atomic E-state index is 0.00830. The predicted octanol–water partition coefficient (Wildman–Crippen LogP) is 3.66. The maximum absolute atomic E-state index is 12.9. The molecule has 0 aliphatic carbocycles. The molecule has 9 heteroatoms. The van der Waals surface area contributed by atoms with Crippen LogP contribution in [0.5, 0.6) is 11.5 Å². The number of Topliss-reactive ketones (excluding diaryl/α,β-unsaturated/α-hetero) is 1. The van der Waals surface area contributed by atoms with E-state index in [1.165, 1.54) is 31.2 Å². The average Bonchev–Trinajstić information content (AvgIpc) is 2.77. The molecule has 1 heterocycles. The van der Waals surface area contributed by atoms with Gasteiger partial charge in [0.2, 0.25) is 9.84 Å². The summed E-state index contributed by atoms with van der Waals surface area (Å²) in [6, 6.07) is 11.6. The van der Waals surface area contributed by atoms with Crippen molar-refractivity contribution in [2.75, 3.05) is 0 Å². The molecular weight excluding hydrogens is 434 g/mol. The van der Waals surface area contributed by atoms with Gasteiger partial charge in [0.1, 0.15) is 23.8 Å². The second-order valence-corrected chi connectivity index (χ2v) is 8.92. The third-order valence-corrected chi connectivity index (χ3v) is 6.58. The Morgan fingerprint density at radius 2 is 1.81 bits per heavy atom. The van der Waals surface area contributed by atoms with Crippen molar-refractivity contribution in [3.8, 4) is 11.5 Å². The molecule has 2 aromatic carbocycles. The van der Waals surface area contributed by atoms with Crippen molar-refractivity contribution in [2.45, 2.75) is 36.7 Å². The lowest BCUT2D eigenvalue weighted by Crippen LogP contribution is -2.06. The molecule has 3 aromatic rings. The zero-order chi connectivity index (χ0) is 23.5. The summed E-state index contributed by atoms with van der Waals surface area (Å²) in [5.41, 5.74) is 1.02. The van der Waals surface area contributed by atoms with E-state index in [0.29, 0.717) is 23.3 Å². The van der Waals surface area contributed by atoms with Gasteiger partial charge in [-0.2, -0.15) is 0 Å². The lowest BCUT2D eigenvalue weighted by molar-refractivity contribution is 0.0690. The average molecular weight is 455 g/mol. The van der Waals surface area contributed by atoms with Gasteiger partial charge in [0, 0.05) is 11.8 Å². The van der Waals surface area contributed by atoms with Crippen LogP contribution in [0, 0.1) is 0 Å². The Labute approximate surface area is 185 Å². The van der Waals surface area contributed by atoms with E-state index in [1.807, 2.05) is 6.92 Å². The number of sulfone groups is 1. The molecule has 1 aromatic heterocycles. The number of carbonyl (C=O) groups excluding carboxylic acids is 1. The number of ketones is 1. The monoisotopic (exact) mass is 455 g/mol. The van der Waals surface area contributed by atoms with Crippen LogP contribution in [0.15, 0.2) is 64.5 Å². The molecular formula is C23H21NO7S. The van der Waals surface area contributed by atoms with E-state index in [2.05, 4.69) is 4.98 Å². The highest BCUT2D eigenvalue weighted by atomic mass is 32.2. The van der Waals surface area contributed by atoms with Gasteiger partial charge >= 0.3 is 5.97 Å². The van der Waals surface area contributed by atoms with Crippen molar-refractivity contribution in [3.05, 3.63) is 77.1 Å². The van der Waals surface area contributed by atoms with Crippen molar-refractivity contribution >= 4 is 21.6 Å². The first-order valence-corrected chi connectivity index (χ1v) is 11.2. The number of aromatic nitrogens is 1. The van der Waals surface area contributed by atoms with Gasteiger partial charge in [0.15, 0.2) is 5.78 Å². The summed E-state index contributed by atoms with van der Waals surface area (Å²) < 4.78 is 31.6. The minimum Gasteiger partial charge on any atom is -0.507 e. The van der Waals surface area contributed by atoms with Crippen LogP contribution >= 0.6 is 0 Å². The number of ether oxygens (including phenoxy) is 1. The van der Waals surface area contributed by atoms with Crippen LogP contribution in [0.25, 0.3) is 0 Å². The number of carboxylic acid groups (broad SMARTS) is 1. The van der Waals surface area contributed by atoms with Gasteiger partial charge in [-0.15, -0.1) is 0 Å². The fraction of sp³-hybridized carbons (Fsp3) is 0.174. The number of nitrogens with zero attached hydrogens (tertiary/aromatic N) is 1. The number of carboxylic acids is 1. The molecule has 0 spiro atoms. The Hall–Kier alpha value is -3.72. The van der Waals surface area contributed by atoms with Gasteiger partial charge in [-0.05, 0) is 55.3 Å². The molecule has 0 aliphatic rings. The van der Waals surface area contributed by atoms with Gasteiger partial charge in [0.05, 0.1) is 15.4 Å².